The number of anilines is 1. The molecule has 7 nitrogen and oxygen atoms in total. The number of fused-ring (bicyclic) bond motifs is 1. The topological polar surface area (TPSA) is 84.2 Å². The largest absolute Gasteiger partial charge is 0.424 e. The fraction of sp³-hybridized carbons (Fsp3) is 0.444. The van der Waals surface area contributed by atoms with E-state index in [1.165, 1.54) is 10.3 Å². The molecule has 3 heterocycles. The van der Waals surface area contributed by atoms with Crippen molar-refractivity contribution in [1.82, 2.24) is 20.5 Å². The van der Waals surface area contributed by atoms with Gasteiger partial charge in [0, 0.05) is 20.0 Å². The van der Waals surface area contributed by atoms with Gasteiger partial charge in [-0.05, 0) is 37.5 Å². The van der Waals surface area contributed by atoms with Gasteiger partial charge < -0.3 is 14.6 Å². The Labute approximate surface area is 155 Å². The van der Waals surface area contributed by atoms with E-state index in [9.17, 15) is 4.79 Å². The number of carbonyl (C=O) groups excluding carboxylic acids is 1. The number of hydrogen-bond acceptors (Lipinski definition) is 7. The Hall–Kier alpha value is -2.48. The predicted octanol–water partition coefficient (Wildman–Crippen LogP) is 2.83. The Bertz CT molecular complexity index is 935. The third kappa shape index (κ3) is 3.55. The van der Waals surface area contributed by atoms with Gasteiger partial charge in [0.15, 0.2) is 5.13 Å². The van der Waals surface area contributed by atoms with E-state index in [-0.39, 0.29) is 18.4 Å². The lowest BCUT2D eigenvalue weighted by molar-refractivity contribution is -0.125. The number of thiazole rings is 1. The molecule has 1 saturated heterocycles. The van der Waals surface area contributed by atoms with Crippen molar-refractivity contribution >= 4 is 32.6 Å². The average Bonchev–Trinajstić information content (AvgIpc) is 3.25. The third-order valence-corrected chi connectivity index (χ3v) is 5.66. The Morgan fingerprint density at radius 3 is 3.08 bits per heavy atom. The summed E-state index contributed by atoms with van der Waals surface area (Å²) in [6.45, 7) is 5.72. The van der Waals surface area contributed by atoms with Crippen molar-refractivity contribution in [1.29, 1.82) is 0 Å². The van der Waals surface area contributed by atoms with E-state index in [1.54, 1.807) is 18.3 Å². The maximum atomic E-state index is 12.5. The first kappa shape index (κ1) is 17.0. The van der Waals surface area contributed by atoms with Gasteiger partial charge in [-0.15, -0.1) is 10.2 Å². The van der Waals surface area contributed by atoms with E-state index in [4.69, 9.17) is 9.40 Å². The van der Waals surface area contributed by atoms with Crippen molar-refractivity contribution in [2.45, 2.75) is 33.2 Å². The molecule has 3 aromatic rings. The van der Waals surface area contributed by atoms with Gasteiger partial charge in [-0.2, -0.15) is 0 Å². The fourth-order valence-corrected chi connectivity index (χ4v) is 4.33. The van der Waals surface area contributed by atoms with Crippen LogP contribution in [-0.4, -0.2) is 34.2 Å². The molecular formula is C18H21N5O2S. The fourth-order valence-electron chi connectivity index (χ4n) is 3.24. The number of rotatable bonds is 4. The lowest BCUT2D eigenvalue weighted by Crippen LogP contribution is -2.43. The van der Waals surface area contributed by atoms with Gasteiger partial charge in [-0.1, -0.05) is 17.4 Å². The normalized spacial score (nSPS) is 17.6. The number of nitrogens with zero attached hydrogens (tertiary/aromatic N) is 4. The number of hydrogen-bond donors (Lipinski definition) is 1. The molecule has 1 aliphatic heterocycles. The molecule has 2 aromatic heterocycles. The van der Waals surface area contributed by atoms with E-state index in [1.807, 2.05) is 0 Å². The van der Waals surface area contributed by atoms with Gasteiger partial charge in [0.1, 0.15) is 0 Å². The third-order valence-electron chi connectivity index (χ3n) is 4.58. The van der Waals surface area contributed by atoms with Crippen molar-refractivity contribution in [3.8, 4) is 0 Å². The standard InChI is InChI=1S/C18H21N5O2S/c1-11-5-6-14-15(8-11)26-18(20-14)23-7-3-4-13(10-23)17(24)19-9-16-22-21-12(2)25-16/h5-6,8,13H,3-4,7,9-10H2,1-2H3,(H,19,24). The van der Waals surface area contributed by atoms with Crippen LogP contribution in [0.1, 0.15) is 30.2 Å². The minimum Gasteiger partial charge on any atom is -0.424 e. The zero-order valence-corrected chi connectivity index (χ0v) is 15.7. The minimum atomic E-state index is -0.0542. The molecule has 0 spiro atoms. The van der Waals surface area contributed by atoms with Crippen LogP contribution >= 0.6 is 11.3 Å². The summed E-state index contributed by atoms with van der Waals surface area (Å²) in [4.78, 5) is 19.5. The van der Waals surface area contributed by atoms with Crippen LogP contribution < -0.4 is 10.2 Å². The van der Waals surface area contributed by atoms with Crippen LogP contribution in [0.3, 0.4) is 0 Å². The molecular weight excluding hydrogens is 350 g/mol. The van der Waals surface area contributed by atoms with Crippen molar-refractivity contribution in [2.24, 2.45) is 5.92 Å². The summed E-state index contributed by atoms with van der Waals surface area (Å²) in [7, 11) is 0. The molecule has 0 radical (unpaired) electrons. The van der Waals surface area contributed by atoms with Gasteiger partial charge in [-0.3, -0.25) is 4.79 Å². The zero-order valence-electron chi connectivity index (χ0n) is 14.9. The van der Waals surface area contributed by atoms with Gasteiger partial charge >= 0.3 is 0 Å². The Morgan fingerprint density at radius 2 is 2.27 bits per heavy atom. The Kier molecular flexibility index (Phi) is 4.58. The Morgan fingerprint density at radius 1 is 1.38 bits per heavy atom. The molecule has 8 heteroatoms. The van der Waals surface area contributed by atoms with Crippen molar-refractivity contribution in [3.05, 3.63) is 35.5 Å². The maximum Gasteiger partial charge on any atom is 0.235 e. The number of aryl methyl sites for hydroxylation is 2. The summed E-state index contributed by atoms with van der Waals surface area (Å²) in [5.74, 6) is 0.915. The molecule has 1 amide bonds. The molecule has 1 N–H and O–H groups in total. The smallest absolute Gasteiger partial charge is 0.235 e. The van der Waals surface area contributed by atoms with Crippen molar-refractivity contribution < 1.29 is 9.21 Å². The van der Waals surface area contributed by atoms with E-state index < -0.39 is 0 Å². The predicted molar refractivity (Wildman–Crippen MR) is 100 cm³/mol. The van der Waals surface area contributed by atoms with Crippen LogP contribution in [0.15, 0.2) is 22.6 Å². The maximum absolute atomic E-state index is 12.5. The summed E-state index contributed by atoms with van der Waals surface area (Å²) >= 11 is 1.69. The minimum absolute atomic E-state index is 0.0301. The summed E-state index contributed by atoms with van der Waals surface area (Å²) in [5.41, 5.74) is 2.26. The van der Waals surface area contributed by atoms with E-state index >= 15 is 0 Å². The summed E-state index contributed by atoms with van der Waals surface area (Å²) in [6.07, 6.45) is 1.86. The van der Waals surface area contributed by atoms with Gasteiger partial charge in [-0.25, -0.2) is 4.98 Å². The summed E-state index contributed by atoms with van der Waals surface area (Å²) < 4.78 is 6.49. The molecule has 1 atom stereocenters. The highest BCUT2D eigenvalue weighted by Crippen LogP contribution is 2.32. The highest BCUT2D eigenvalue weighted by Gasteiger charge is 2.27. The van der Waals surface area contributed by atoms with E-state index in [2.05, 4.69) is 45.5 Å². The molecule has 0 aliphatic carbocycles. The highest BCUT2D eigenvalue weighted by atomic mass is 32.1. The molecule has 4 rings (SSSR count). The number of benzene rings is 1. The molecule has 0 bridgehead atoms. The second-order valence-corrected chi connectivity index (χ2v) is 7.69. The number of amides is 1. The second-order valence-electron chi connectivity index (χ2n) is 6.69. The van der Waals surface area contributed by atoms with Crippen LogP contribution in [-0.2, 0) is 11.3 Å². The lowest BCUT2D eigenvalue weighted by Gasteiger charge is -2.31. The summed E-state index contributed by atoms with van der Waals surface area (Å²) in [6, 6.07) is 6.31. The SMILES string of the molecule is Cc1ccc2nc(N3CCCC(C(=O)NCc4nnc(C)o4)C3)sc2c1. The van der Waals surface area contributed by atoms with Crippen LogP contribution in [0.4, 0.5) is 5.13 Å². The number of nitrogens with one attached hydrogen (secondary N) is 1. The molecule has 1 unspecified atom stereocenters. The van der Waals surface area contributed by atoms with Gasteiger partial charge in [0.05, 0.1) is 22.7 Å². The lowest BCUT2D eigenvalue weighted by atomic mass is 9.97. The van der Waals surface area contributed by atoms with Crippen LogP contribution in [0.25, 0.3) is 10.2 Å². The monoisotopic (exact) mass is 371 g/mol. The zero-order chi connectivity index (χ0) is 18.1. The molecule has 136 valence electrons. The molecule has 1 fully saturated rings. The van der Waals surface area contributed by atoms with Crippen LogP contribution in [0.2, 0.25) is 0 Å². The highest BCUT2D eigenvalue weighted by molar-refractivity contribution is 7.22. The Balaban J connectivity index is 1.41. The van der Waals surface area contributed by atoms with Crippen molar-refractivity contribution in [2.75, 3.05) is 18.0 Å². The first-order chi connectivity index (χ1) is 12.6. The average molecular weight is 371 g/mol. The number of piperidine rings is 1. The molecule has 26 heavy (non-hydrogen) atoms. The summed E-state index contributed by atoms with van der Waals surface area (Å²) in [5, 5.41) is 11.6. The quantitative estimate of drug-likeness (QED) is 0.759. The molecule has 0 saturated carbocycles. The molecule has 1 aliphatic rings. The molecule has 1 aromatic carbocycles. The first-order valence-electron chi connectivity index (χ1n) is 8.77. The van der Waals surface area contributed by atoms with E-state index in [0.29, 0.717) is 18.3 Å². The number of aromatic nitrogens is 3. The van der Waals surface area contributed by atoms with Crippen molar-refractivity contribution in [3.63, 3.8) is 0 Å². The van der Waals surface area contributed by atoms with Gasteiger partial charge in [0.2, 0.25) is 17.7 Å². The first-order valence-corrected chi connectivity index (χ1v) is 9.59. The van der Waals surface area contributed by atoms with E-state index in [0.717, 1.165) is 30.0 Å². The van der Waals surface area contributed by atoms with Crippen LogP contribution in [0.5, 0.6) is 0 Å². The number of carbonyl (C=O) groups is 1. The van der Waals surface area contributed by atoms with Gasteiger partial charge in [0.25, 0.3) is 0 Å². The second kappa shape index (κ2) is 7.03. The van der Waals surface area contributed by atoms with Crippen LogP contribution in [0, 0.1) is 19.8 Å².